The zero-order valence-electron chi connectivity index (χ0n) is 10.1. The van der Waals surface area contributed by atoms with Crippen LogP contribution in [0.1, 0.15) is 15.9 Å². The molecule has 19 heavy (non-hydrogen) atoms. The molecule has 0 aliphatic carbocycles. The topological polar surface area (TPSA) is 89.3 Å². The van der Waals surface area contributed by atoms with Crippen LogP contribution in [-0.2, 0) is 22.6 Å². The molecule has 0 unspecified atom stereocenters. The van der Waals surface area contributed by atoms with Crippen molar-refractivity contribution < 1.29 is 18.3 Å². The Kier molecular flexibility index (Phi) is 3.39. The molecular formula is C12H12N2O4S. The van der Waals surface area contributed by atoms with Crippen LogP contribution in [0.3, 0.4) is 0 Å². The molecule has 0 amide bonds. The Morgan fingerprint density at radius 2 is 2.05 bits per heavy atom. The summed E-state index contributed by atoms with van der Waals surface area (Å²) in [7, 11) is -2.03. The number of carboxylic acids is 1. The third-order valence-corrected chi connectivity index (χ3v) is 4.31. The van der Waals surface area contributed by atoms with Gasteiger partial charge in [-0.15, -0.1) is 0 Å². The van der Waals surface area contributed by atoms with E-state index >= 15 is 0 Å². The summed E-state index contributed by atoms with van der Waals surface area (Å²) in [6.45, 7) is 0. The Balaban J connectivity index is 2.43. The minimum absolute atomic E-state index is 0.175. The second-order valence-electron chi connectivity index (χ2n) is 4.08. The van der Waals surface area contributed by atoms with Crippen molar-refractivity contribution in [2.75, 3.05) is 0 Å². The second-order valence-corrected chi connectivity index (χ2v) is 6.04. The monoisotopic (exact) mass is 280 g/mol. The lowest BCUT2D eigenvalue weighted by Crippen LogP contribution is -2.10. The molecule has 1 aromatic heterocycles. The number of aryl methyl sites for hydroxylation is 1. The zero-order valence-corrected chi connectivity index (χ0v) is 11.0. The van der Waals surface area contributed by atoms with Crippen LogP contribution in [0.2, 0.25) is 0 Å². The molecule has 0 saturated carbocycles. The van der Waals surface area contributed by atoms with Gasteiger partial charge < -0.3 is 5.11 Å². The van der Waals surface area contributed by atoms with Crippen molar-refractivity contribution in [1.29, 1.82) is 0 Å². The molecule has 0 bridgehead atoms. The number of aromatic nitrogens is 2. The van der Waals surface area contributed by atoms with Gasteiger partial charge in [0.2, 0.25) is 0 Å². The van der Waals surface area contributed by atoms with Gasteiger partial charge in [-0.2, -0.15) is 5.10 Å². The lowest BCUT2D eigenvalue weighted by molar-refractivity contribution is 0.0692. The van der Waals surface area contributed by atoms with Crippen LogP contribution in [-0.4, -0.2) is 29.3 Å². The number of nitrogens with zero attached hydrogens (tertiary/aromatic N) is 2. The third-order valence-electron chi connectivity index (χ3n) is 2.57. The van der Waals surface area contributed by atoms with E-state index in [0.29, 0.717) is 5.56 Å². The highest BCUT2D eigenvalue weighted by Gasteiger charge is 2.22. The average molecular weight is 280 g/mol. The van der Waals surface area contributed by atoms with Crippen LogP contribution in [0.4, 0.5) is 0 Å². The zero-order chi connectivity index (χ0) is 14.0. The number of carbonyl (C=O) groups is 1. The van der Waals surface area contributed by atoms with Crippen molar-refractivity contribution >= 4 is 15.8 Å². The van der Waals surface area contributed by atoms with E-state index in [-0.39, 0.29) is 16.2 Å². The molecule has 1 aromatic carbocycles. The van der Waals surface area contributed by atoms with Crippen LogP contribution in [0, 0.1) is 0 Å². The first-order chi connectivity index (χ1) is 8.90. The Hall–Kier alpha value is -2.15. The van der Waals surface area contributed by atoms with E-state index in [1.54, 1.807) is 13.2 Å². The van der Waals surface area contributed by atoms with Crippen LogP contribution in [0.25, 0.3) is 0 Å². The summed E-state index contributed by atoms with van der Waals surface area (Å²) >= 11 is 0. The molecular weight excluding hydrogens is 268 g/mol. The molecule has 1 heterocycles. The van der Waals surface area contributed by atoms with Gasteiger partial charge in [0.05, 0.1) is 22.4 Å². The van der Waals surface area contributed by atoms with E-state index in [1.165, 1.54) is 35.1 Å². The van der Waals surface area contributed by atoms with Crippen LogP contribution in [0.15, 0.2) is 41.6 Å². The van der Waals surface area contributed by atoms with E-state index in [9.17, 15) is 13.2 Å². The number of rotatable bonds is 4. The van der Waals surface area contributed by atoms with Crippen LogP contribution in [0.5, 0.6) is 0 Å². The lowest BCUT2D eigenvalue weighted by Gasteiger charge is -2.06. The summed E-state index contributed by atoms with van der Waals surface area (Å²) in [6, 6.07) is 5.57. The summed E-state index contributed by atoms with van der Waals surface area (Å²) in [5.74, 6) is -1.53. The van der Waals surface area contributed by atoms with Gasteiger partial charge in [-0.1, -0.05) is 12.1 Å². The maximum absolute atomic E-state index is 12.2. The first-order valence-corrected chi connectivity index (χ1v) is 7.08. The smallest absolute Gasteiger partial charge is 0.337 e. The fraction of sp³-hybridized carbons (Fsp3) is 0.167. The van der Waals surface area contributed by atoms with Crippen molar-refractivity contribution in [2.24, 2.45) is 7.05 Å². The predicted molar refractivity (Wildman–Crippen MR) is 67.5 cm³/mol. The normalized spacial score (nSPS) is 11.4. The Morgan fingerprint density at radius 1 is 1.37 bits per heavy atom. The van der Waals surface area contributed by atoms with Gasteiger partial charge in [0.25, 0.3) is 0 Å². The molecule has 0 radical (unpaired) electrons. The van der Waals surface area contributed by atoms with E-state index < -0.39 is 15.8 Å². The molecule has 6 nitrogen and oxygen atoms in total. The maximum atomic E-state index is 12.2. The third kappa shape index (κ3) is 2.82. The first-order valence-electron chi connectivity index (χ1n) is 5.43. The summed E-state index contributed by atoms with van der Waals surface area (Å²) in [5, 5.41) is 12.9. The number of sulfone groups is 1. The summed E-state index contributed by atoms with van der Waals surface area (Å²) in [4.78, 5) is 10.9. The molecule has 2 aromatic rings. The molecule has 0 spiro atoms. The highest BCUT2D eigenvalue weighted by molar-refractivity contribution is 7.90. The average Bonchev–Trinajstić information content (AvgIpc) is 2.74. The second kappa shape index (κ2) is 4.85. The number of hydrogen-bond donors (Lipinski definition) is 1. The quantitative estimate of drug-likeness (QED) is 0.905. The Bertz CT molecular complexity index is 719. The molecule has 1 N–H and O–H groups in total. The minimum atomic E-state index is -3.71. The molecule has 0 aliphatic rings. The van der Waals surface area contributed by atoms with Crippen LogP contribution < -0.4 is 0 Å². The molecule has 0 saturated heterocycles. The van der Waals surface area contributed by atoms with Gasteiger partial charge in [-0.05, 0) is 12.1 Å². The molecule has 7 heteroatoms. The highest BCUT2D eigenvalue weighted by atomic mass is 32.2. The van der Waals surface area contributed by atoms with Crippen molar-refractivity contribution in [3.8, 4) is 0 Å². The van der Waals surface area contributed by atoms with Crippen molar-refractivity contribution in [3.05, 3.63) is 47.8 Å². The Labute approximate surface area is 110 Å². The summed E-state index contributed by atoms with van der Waals surface area (Å²) in [5.41, 5.74) is 0.300. The van der Waals surface area contributed by atoms with E-state index in [4.69, 9.17) is 5.11 Å². The first kappa shape index (κ1) is 13.3. The molecule has 2 rings (SSSR count). The minimum Gasteiger partial charge on any atom is -0.478 e. The van der Waals surface area contributed by atoms with Gasteiger partial charge in [0.1, 0.15) is 0 Å². The number of benzene rings is 1. The van der Waals surface area contributed by atoms with Gasteiger partial charge in [0, 0.05) is 18.8 Å². The predicted octanol–water partition coefficient (Wildman–Crippen LogP) is 1.09. The maximum Gasteiger partial charge on any atom is 0.337 e. The fourth-order valence-corrected chi connectivity index (χ4v) is 3.28. The van der Waals surface area contributed by atoms with Gasteiger partial charge in [-0.25, -0.2) is 13.2 Å². The van der Waals surface area contributed by atoms with Crippen molar-refractivity contribution in [3.63, 3.8) is 0 Å². The van der Waals surface area contributed by atoms with E-state index in [1.807, 2.05) is 0 Å². The van der Waals surface area contributed by atoms with Crippen molar-refractivity contribution in [1.82, 2.24) is 9.78 Å². The largest absolute Gasteiger partial charge is 0.478 e. The summed E-state index contributed by atoms with van der Waals surface area (Å²) < 4.78 is 26.0. The number of carboxylic acid groups (broad SMARTS) is 1. The molecule has 0 aliphatic heterocycles. The SMILES string of the molecule is Cn1cc(CS(=O)(=O)c2ccccc2C(=O)O)cn1. The van der Waals surface area contributed by atoms with Gasteiger partial charge >= 0.3 is 5.97 Å². The molecule has 100 valence electrons. The lowest BCUT2D eigenvalue weighted by atomic mass is 10.2. The Morgan fingerprint density at radius 3 is 2.63 bits per heavy atom. The summed E-state index contributed by atoms with van der Waals surface area (Å²) in [6.07, 6.45) is 3.03. The van der Waals surface area contributed by atoms with Crippen molar-refractivity contribution in [2.45, 2.75) is 10.6 Å². The highest BCUT2D eigenvalue weighted by Crippen LogP contribution is 2.20. The molecule has 0 fully saturated rings. The van der Waals surface area contributed by atoms with E-state index in [2.05, 4.69) is 5.10 Å². The van der Waals surface area contributed by atoms with Gasteiger partial charge in [0.15, 0.2) is 9.84 Å². The molecule has 0 atom stereocenters. The van der Waals surface area contributed by atoms with E-state index in [0.717, 1.165) is 0 Å². The van der Waals surface area contributed by atoms with Gasteiger partial charge in [-0.3, -0.25) is 4.68 Å². The number of hydrogen-bond acceptors (Lipinski definition) is 4. The fourth-order valence-electron chi connectivity index (χ4n) is 1.76. The number of aromatic carboxylic acids is 1. The standard InChI is InChI=1S/C12H12N2O4S/c1-14-7-9(6-13-14)8-19(17,18)11-5-3-2-4-10(11)12(15)16/h2-7H,8H2,1H3,(H,15,16). The van der Waals surface area contributed by atoms with Crippen LogP contribution >= 0.6 is 0 Å².